The molecule has 5 nitrogen and oxygen atoms in total. The van der Waals surface area contributed by atoms with Crippen LogP contribution in [0.3, 0.4) is 0 Å². The monoisotopic (exact) mass is 324 g/mol. The minimum atomic E-state index is -0.405. The Morgan fingerprint density at radius 2 is 1.74 bits per heavy atom. The molecule has 2 saturated heterocycles. The molecule has 0 radical (unpaired) electrons. The fourth-order valence-corrected chi connectivity index (χ4v) is 3.36. The first-order valence-corrected chi connectivity index (χ1v) is 8.81. The first kappa shape index (κ1) is 18.2. The van der Waals surface area contributed by atoms with Crippen LogP contribution in [-0.4, -0.2) is 48.6 Å². The lowest BCUT2D eigenvalue weighted by Gasteiger charge is -2.31. The smallest absolute Gasteiger partial charge is 0.228 e. The van der Waals surface area contributed by atoms with Gasteiger partial charge in [0.25, 0.3) is 0 Å². The molecule has 2 heterocycles. The third-order valence-electron chi connectivity index (χ3n) is 4.81. The zero-order chi connectivity index (χ0) is 17.3. The highest BCUT2D eigenvalue weighted by atomic mass is 16.5. The van der Waals surface area contributed by atoms with E-state index in [9.17, 15) is 9.59 Å². The van der Waals surface area contributed by atoms with Crippen molar-refractivity contribution < 1.29 is 14.3 Å². The van der Waals surface area contributed by atoms with Gasteiger partial charge in [-0.3, -0.25) is 9.59 Å². The molecule has 5 heteroatoms. The molecule has 132 valence electrons. The molecule has 2 rings (SSSR count). The second kappa shape index (κ2) is 6.80. The molecule has 2 atom stereocenters. The summed E-state index contributed by atoms with van der Waals surface area (Å²) < 4.78 is 5.84. The van der Waals surface area contributed by atoms with Crippen LogP contribution in [0.15, 0.2) is 0 Å². The molecular weight excluding hydrogens is 292 g/mol. The maximum Gasteiger partial charge on any atom is 0.228 e. The number of likely N-dealkylation sites (tertiary alicyclic amines) is 1. The van der Waals surface area contributed by atoms with Crippen molar-refractivity contribution >= 4 is 11.8 Å². The molecule has 2 aliphatic heterocycles. The Labute approximate surface area is 140 Å². The summed E-state index contributed by atoms with van der Waals surface area (Å²) in [7, 11) is 0. The van der Waals surface area contributed by atoms with E-state index in [1.165, 1.54) is 0 Å². The summed E-state index contributed by atoms with van der Waals surface area (Å²) in [6.45, 7) is 12.1. The van der Waals surface area contributed by atoms with Crippen molar-refractivity contribution in [1.82, 2.24) is 10.2 Å². The number of hydrogen-bond donors (Lipinski definition) is 1. The van der Waals surface area contributed by atoms with E-state index in [1.807, 2.05) is 39.5 Å². The number of rotatable bonds is 4. The van der Waals surface area contributed by atoms with E-state index in [1.54, 1.807) is 0 Å². The molecule has 0 aromatic heterocycles. The van der Waals surface area contributed by atoms with E-state index in [0.29, 0.717) is 13.0 Å². The van der Waals surface area contributed by atoms with E-state index < -0.39 is 5.41 Å². The molecule has 2 fully saturated rings. The second-order valence-electron chi connectivity index (χ2n) is 8.70. The summed E-state index contributed by atoms with van der Waals surface area (Å²) in [6, 6.07) is 0.0596. The molecular formula is C18H32N2O3. The molecule has 1 N–H and O–H groups in total. The highest BCUT2D eigenvalue weighted by Gasteiger charge is 2.39. The van der Waals surface area contributed by atoms with Crippen molar-refractivity contribution in [2.75, 3.05) is 19.7 Å². The largest absolute Gasteiger partial charge is 0.376 e. The highest BCUT2D eigenvalue weighted by molar-refractivity contribution is 5.82. The maximum atomic E-state index is 12.6. The Kier molecular flexibility index (Phi) is 5.39. The van der Waals surface area contributed by atoms with E-state index in [-0.39, 0.29) is 29.4 Å². The van der Waals surface area contributed by atoms with Crippen LogP contribution in [-0.2, 0) is 14.3 Å². The van der Waals surface area contributed by atoms with E-state index in [0.717, 1.165) is 32.4 Å². The SMILES string of the molecule is CC(C)(C)C(=O)NC1COC(CC(C)(C)C(=O)N2CCCC2)C1. The van der Waals surface area contributed by atoms with Crippen molar-refractivity contribution in [3.05, 3.63) is 0 Å². The summed E-state index contributed by atoms with van der Waals surface area (Å²) in [6.07, 6.45) is 3.77. The van der Waals surface area contributed by atoms with Gasteiger partial charge in [0.1, 0.15) is 0 Å². The van der Waals surface area contributed by atoms with Crippen molar-refractivity contribution in [3.63, 3.8) is 0 Å². The third kappa shape index (κ3) is 4.69. The predicted molar refractivity (Wildman–Crippen MR) is 90.0 cm³/mol. The standard InChI is InChI=1S/C18H32N2O3/c1-17(2,3)15(21)19-13-10-14(23-12-13)11-18(4,5)16(22)20-8-6-7-9-20/h13-14H,6-12H2,1-5H3,(H,19,21). The first-order chi connectivity index (χ1) is 10.6. The number of nitrogens with one attached hydrogen (secondary N) is 1. The van der Waals surface area contributed by atoms with Gasteiger partial charge in [0.05, 0.1) is 18.8 Å². The van der Waals surface area contributed by atoms with Crippen molar-refractivity contribution in [2.24, 2.45) is 10.8 Å². The average molecular weight is 324 g/mol. The Hall–Kier alpha value is -1.10. The van der Waals surface area contributed by atoms with Gasteiger partial charge in [-0.15, -0.1) is 0 Å². The Balaban J connectivity index is 1.84. The lowest BCUT2D eigenvalue weighted by molar-refractivity contribution is -0.141. The summed E-state index contributed by atoms with van der Waals surface area (Å²) in [5.41, 5.74) is -0.791. The van der Waals surface area contributed by atoms with Crippen LogP contribution < -0.4 is 5.32 Å². The minimum Gasteiger partial charge on any atom is -0.376 e. The molecule has 0 bridgehead atoms. The van der Waals surface area contributed by atoms with Crippen LogP contribution in [0.5, 0.6) is 0 Å². The van der Waals surface area contributed by atoms with Crippen LogP contribution in [0.1, 0.15) is 60.3 Å². The van der Waals surface area contributed by atoms with Gasteiger partial charge >= 0.3 is 0 Å². The van der Waals surface area contributed by atoms with Gasteiger partial charge in [-0.05, 0) is 25.7 Å². The van der Waals surface area contributed by atoms with E-state index in [4.69, 9.17) is 4.74 Å². The number of amides is 2. The molecule has 0 saturated carbocycles. The predicted octanol–water partition coefficient (Wildman–Crippen LogP) is 2.34. The van der Waals surface area contributed by atoms with E-state index in [2.05, 4.69) is 5.32 Å². The van der Waals surface area contributed by atoms with Gasteiger partial charge in [0.15, 0.2) is 0 Å². The quantitative estimate of drug-likeness (QED) is 0.863. The molecule has 2 amide bonds. The fourth-order valence-electron chi connectivity index (χ4n) is 3.36. The zero-order valence-electron chi connectivity index (χ0n) is 15.3. The lowest BCUT2D eigenvalue weighted by atomic mass is 9.84. The summed E-state index contributed by atoms with van der Waals surface area (Å²) in [4.78, 5) is 26.7. The van der Waals surface area contributed by atoms with Crippen molar-refractivity contribution in [2.45, 2.75) is 72.4 Å². The summed E-state index contributed by atoms with van der Waals surface area (Å²) in [5.74, 6) is 0.292. The number of carbonyl (C=O) groups excluding carboxylic acids is 2. The molecule has 2 aliphatic rings. The van der Waals surface area contributed by atoms with Crippen LogP contribution in [0, 0.1) is 10.8 Å². The van der Waals surface area contributed by atoms with Crippen molar-refractivity contribution in [3.8, 4) is 0 Å². The van der Waals surface area contributed by atoms with Crippen LogP contribution in [0.2, 0.25) is 0 Å². The van der Waals surface area contributed by atoms with Gasteiger partial charge in [-0.1, -0.05) is 34.6 Å². The van der Waals surface area contributed by atoms with Gasteiger partial charge in [0, 0.05) is 23.9 Å². The van der Waals surface area contributed by atoms with Gasteiger partial charge in [-0.25, -0.2) is 0 Å². The molecule has 23 heavy (non-hydrogen) atoms. The highest BCUT2D eigenvalue weighted by Crippen LogP contribution is 2.32. The number of hydrogen-bond acceptors (Lipinski definition) is 3. The van der Waals surface area contributed by atoms with Crippen LogP contribution >= 0.6 is 0 Å². The number of ether oxygens (including phenoxy) is 1. The van der Waals surface area contributed by atoms with E-state index >= 15 is 0 Å². The zero-order valence-corrected chi connectivity index (χ0v) is 15.3. The number of carbonyl (C=O) groups is 2. The fraction of sp³-hybridized carbons (Fsp3) is 0.889. The van der Waals surface area contributed by atoms with Gasteiger partial charge in [-0.2, -0.15) is 0 Å². The Morgan fingerprint density at radius 1 is 1.13 bits per heavy atom. The molecule has 0 aromatic rings. The average Bonchev–Trinajstić information content (AvgIpc) is 3.08. The second-order valence-corrected chi connectivity index (χ2v) is 8.70. The molecule has 0 spiro atoms. The number of nitrogens with zero attached hydrogens (tertiary/aromatic N) is 1. The lowest BCUT2D eigenvalue weighted by Crippen LogP contribution is -2.42. The summed E-state index contributed by atoms with van der Waals surface area (Å²) in [5, 5.41) is 3.06. The Bertz CT molecular complexity index is 448. The van der Waals surface area contributed by atoms with Crippen molar-refractivity contribution in [1.29, 1.82) is 0 Å². The van der Waals surface area contributed by atoms with Gasteiger partial charge in [0.2, 0.25) is 11.8 Å². The third-order valence-corrected chi connectivity index (χ3v) is 4.81. The Morgan fingerprint density at radius 3 is 2.30 bits per heavy atom. The van der Waals surface area contributed by atoms with Crippen LogP contribution in [0.4, 0.5) is 0 Å². The normalized spacial score (nSPS) is 25.7. The minimum absolute atomic E-state index is 0.0434. The molecule has 0 aromatic carbocycles. The molecule has 0 aliphatic carbocycles. The topological polar surface area (TPSA) is 58.6 Å². The van der Waals surface area contributed by atoms with Gasteiger partial charge < -0.3 is 15.0 Å². The summed E-state index contributed by atoms with van der Waals surface area (Å²) >= 11 is 0. The first-order valence-electron chi connectivity index (χ1n) is 8.81. The van der Waals surface area contributed by atoms with Crippen LogP contribution in [0.25, 0.3) is 0 Å². The molecule has 2 unspecified atom stereocenters. The maximum absolute atomic E-state index is 12.6.